The molecule has 1 saturated heterocycles. The highest BCUT2D eigenvalue weighted by molar-refractivity contribution is 6.01. The predicted octanol–water partition coefficient (Wildman–Crippen LogP) is 1.43. The van der Waals surface area contributed by atoms with E-state index in [0.29, 0.717) is 6.54 Å². The van der Waals surface area contributed by atoms with Crippen molar-refractivity contribution < 1.29 is 9.59 Å². The molecule has 1 aliphatic rings. The number of hydrogen-bond donors (Lipinski definition) is 0. The first-order chi connectivity index (χ1) is 5.45. The first-order valence-electron chi connectivity index (χ1n) is 4.28. The summed E-state index contributed by atoms with van der Waals surface area (Å²) in [7, 11) is 0. The molecule has 70 valence electrons. The molecule has 1 aliphatic heterocycles. The van der Waals surface area contributed by atoms with Gasteiger partial charge in [0.2, 0.25) is 11.8 Å². The Labute approximate surface area is 73.7 Å². The fourth-order valence-corrected chi connectivity index (χ4v) is 1.06. The molecule has 0 bridgehead atoms. The summed E-state index contributed by atoms with van der Waals surface area (Å²) in [5.41, 5.74) is -0.300. The van der Waals surface area contributed by atoms with Crippen molar-refractivity contribution in [3.05, 3.63) is 0 Å². The quantitative estimate of drug-likeness (QED) is 0.517. The van der Waals surface area contributed by atoms with Gasteiger partial charge in [0.15, 0.2) is 0 Å². The monoisotopic (exact) mass is 171 g/mol. The Morgan fingerprint density at radius 3 is 1.92 bits per heavy atom. The summed E-state index contributed by atoms with van der Waals surface area (Å²) in [6.45, 7) is 9.66. The minimum atomic E-state index is -0.300. The van der Waals surface area contributed by atoms with E-state index in [2.05, 4.69) is 0 Å². The Morgan fingerprint density at radius 2 is 1.83 bits per heavy atom. The summed E-state index contributed by atoms with van der Waals surface area (Å²) in [6.07, 6.45) is 0. The topological polar surface area (TPSA) is 37.4 Å². The van der Waals surface area contributed by atoms with Crippen molar-refractivity contribution in [3.8, 4) is 0 Å². The molecule has 0 aromatic rings. The van der Waals surface area contributed by atoms with E-state index in [1.54, 1.807) is 0 Å². The van der Waals surface area contributed by atoms with Gasteiger partial charge in [-0.2, -0.15) is 0 Å². The molecular weight excluding hydrogens is 154 g/mol. The number of carbonyl (C=O) groups is 2. The van der Waals surface area contributed by atoms with E-state index < -0.39 is 0 Å². The normalized spacial score (nSPS) is 19.1. The zero-order chi connectivity index (χ0) is 9.94. The Kier molecular flexibility index (Phi) is 3.43. The van der Waals surface area contributed by atoms with Crippen LogP contribution >= 0.6 is 0 Å². The van der Waals surface area contributed by atoms with Crippen LogP contribution in [-0.2, 0) is 9.59 Å². The van der Waals surface area contributed by atoms with Gasteiger partial charge in [-0.25, -0.2) is 0 Å². The standard InChI is InChI=1S/C7H11NO2.C2H6/c1-5(9)8-4-7(2,3)6(8)10;1-2/h4H2,1-3H3;1-2H3. The number of likely N-dealkylation sites (tertiary alicyclic amines) is 1. The number of imide groups is 1. The van der Waals surface area contributed by atoms with Crippen molar-refractivity contribution in [3.63, 3.8) is 0 Å². The van der Waals surface area contributed by atoms with Gasteiger partial charge >= 0.3 is 0 Å². The van der Waals surface area contributed by atoms with Crippen LogP contribution in [0.5, 0.6) is 0 Å². The number of amides is 2. The van der Waals surface area contributed by atoms with Crippen LogP contribution in [0.1, 0.15) is 34.6 Å². The van der Waals surface area contributed by atoms with Crippen LogP contribution in [0.15, 0.2) is 0 Å². The smallest absolute Gasteiger partial charge is 0.236 e. The molecule has 0 aliphatic carbocycles. The molecule has 12 heavy (non-hydrogen) atoms. The Morgan fingerprint density at radius 1 is 1.42 bits per heavy atom. The molecule has 0 N–H and O–H groups in total. The van der Waals surface area contributed by atoms with Crippen molar-refractivity contribution >= 4 is 11.8 Å². The van der Waals surface area contributed by atoms with E-state index in [4.69, 9.17) is 0 Å². The van der Waals surface area contributed by atoms with Gasteiger partial charge < -0.3 is 0 Å². The number of carbonyl (C=O) groups excluding carboxylic acids is 2. The second-order valence-electron chi connectivity index (χ2n) is 3.29. The number of rotatable bonds is 0. The van der Waals surface area contributed by atoms with E-state index in [-0.39, 0.29) is 17.2 Å². The van der Waals surface area contributed by atoms with Crippen LogP contribution in [-0.4, -0.2) is 23.3 Å². The first-order valence-corrected chi connectivity index (χ1v) is 4.28. The maximum Gasteiger partial charge on any atom is 0.236 e. The molecule has 0 unspecified atom stereocenters. The average Bonchev–Trinajstić information content (AvgIpc) is 2.03. The van der Waals surface area contributed by atoms with E-state index in [1.165, 1.54) is 11.8 Å². The highest BCUT2D eigenvalue weighted by Crippen LogP contribution is 2.30. The average molecular weight is 171 g/mol. The van der Waals surface area contributed by atoms with Gasteiger partial charge in [-0.05, 0) is 13.8 Å². The van der Waals surface area contributed by atoms with Crippen molar-refractivity contribution in [2.45, 2.75) is 34.6 Å². The fraction of sp³-hybridized carbons (Fsp3) is 0.778. The van der Waals surface area contributed by atoms with Gasteiger partial charge in [-0.15, -0.1) is 0 Å². The number of nitrogens with zero attached hydrogens (tertiary/aromatic N) is 1. The minimum absolute atomic E-state index is 0.0556. The number of hydrogen-bond acceptors (Lipinski definition) is 2. The van der Waals surface area contributed by atoms with Gasteiger partial charge in [-0.3, -0.25) is 14.5 Å². The van der Waals surface area contributed by atoms with Gasteiger partial charge in [0.1, 0.15) is 0 Å². The van der Waals surface area contributed by atoms with E-state index >= 15 is 0 Å². The summed E-state index contributed by atoms with van der Waals surface area (Å²) in [4.78, 5) is 22.9. The summed E-state index contributed by atoms with van der Waals surface area (Å²) in [5, 5.41) is 0. The minimum Gasteiger partial charge on any atom is -0.281 e. The maximum atomic E-state index is 11.0. The van der Waals surface area contributed by atoms with Gasteiger partial charge in [0.25, 0.3) is 0 Å². The molecule has 0 aromatic heterocycles. The molecule has 1 heterocycles. The lowest BCUT2D eigenvalue weighted by molar-refractivity contribution is -0.164. The summed E-state index contributed by atoms with van der Waals surface area (Å²) in [6, 6.07) is 0. The van der Waals surface area contributed by atoms with Gasteiger partial charge in [0.05, 0.1) is 5.41 Å². The van der Waals surface area contributed by atoms with Crippen LogP contribution in [0.4, 0.5) is 0 Å². The first kappa shape index (κ1) is 11.1. The molecule has 0 spiro atoms. The Bertz CT molecular complexity index is 197. The van der Waals surface area contributed by atoms with Crippen LogP contribution in [0.2, 0.25) is 0 Å². The molecule has 1 rings (SSSR count). The lowest BCUT2D eigenvalue weighted by Crippen LogP contribution is -2.59. The molecule has 0 atom stereocenters. The molecule has 1 fully saturated rings. The van der Waals surface area contributed by atoms with Gasteiger partial charge in [-0.1, -0.05) is 13.8 Å². The van der Waals surface area contributed by atoms with Crippen molar-refractivity contribution in [1.29, 1.82) is 0 Å². The van der Waals surface area contributed by atoms with Crippen molar-refractivity contribution in [2.24, 2.45) is 5.41 Å². The zero-order valence-corrected chi connectivity index (χ0v) is 8.47. The summed E-state index contributed by atoms with van der Waals surface area (Å²) >= 11 is 0. The van der Waals surface area contributed by atoms with E-state index in [0.717, 1.165) is 0 Å². The molecule has 3 heteroatoms. The second-order valence-corrected chi connectivity index (χ2v) is 3.29. The predicted molar refractivity (Wildman–Crippen MR) is 47.5 cm³/mol. The van der Waals surface area contributed by atoms with Gasteiger partial charge in [0, 0.05) is 13.5 Å². The van der Waals surface area contributed by atoms with Crippen LogP contribution in [0.3, 0.4) is 0 Å². The van der Waals surface area contributed by atoms with E-state index in [9.17, 15) is 9.59 Å². The van der Waals surface area contributed by atoms with Crippen molar-refractivity contribution in [1.82, 2.24) is 4.90 Å². The largest absolute Gasteiger partial charge is 0.281 e. The van der Waals surface area contributed by atoms with Crippen LogP contribution in [0, 0.1) is 5.41 Å². The Hall–Kier alpha value is -0.860. The third-order valence-corrected chi connectivity index (χ3v) is 1.76. The summed E-state index contributed by atoms with van der Waals surface area (Å²) < 4.78 is 0. The second kappa shape index (κ2) is 3.70. The van der Waals surface area contributed by atoms with Crippen LogP contribution < -0.4 is 0 Å². The van der Waals surface area contributed by atoms with Crippen LogP contribution in [0.25, 0.3) is 0 Å². The van der Waals surface area contributed by atoms with Crippen molar-refractivity contribution in [2.75, 3.05) is 6.54 Å². The lowest BCUT2D eigenvalue weighted by Gasteiger charge is -2.42. The highest BCUT2D eigenvalue weighted by Gasteiger charge is 2.45. The Balaban J connectivity index is 0.000000561. The molecule has 3 nitrogen and oxygen atoms in total. The third-order valence-electron chi connectivity index (χ3n) is 1.76. The molecule has 0 aromatic carbocycles. The van der Waals surface area contributed by atoms with E-state index in [1.807, 2.05) is 27.7 Å². The molecule has 0 radical (unpaired) electrons. The maximum absolute atomic E-state index is 11.0. The number of β-lactam (4-membered cyclic amide) rings is 1. The molecule has 2 amide bonds. The third kappa shape index (κ3) is 1.84. The molecular formula is C9H17NO2. The highest BCUT2D eigenvalue weighted by atomic mass is 16.2. The lowest BCUT2D eigenvalue weighted by atomic mass is 9.83. The fourth-order valence-electron chi connectivity index (χ4n) is 1.06. The SMILES string of the molecule is CC.CC(=O)N1CC(C)(C)C1=O. The summed E-state index contributed by atoms with van der Waals surface area (Å²) in [5.74, 6) is -0.204. The zero-order valence-electron chi connectivity index (χ0n) is 8.47. The molecule has 0 saturated carbocycles.